The Morgan fingerprint density at radius 2 is 1.97 bits per heavy atom. The Balaban J connectivity index is 1.50. The van der Waals surface area contributed by atoms with Crippen LogP contribution in [0.15, 0.2) is 30.5 Å². The number of rotatable bonds is 7. The molecule has 1 amide bonds. The number of fused-ring (bicyclic) bond motifs is 1. The lowest BCUT2D eigenvalue weighted by atomic mass is 9.90. The maximum atomic E-state index is 12.7. The number of amides is 1. The van der Waals surface area contributed by atoms with E-state index in [9.17, 15) is 4.79 Å². The molecule has 0 unspecified atom stereocenters. The average molecular weight is 450 g/mol. The van der Waals surface area contributed by atoms with Crippen LogP contribution in [0.4, 0.5) is 5.82 Å². The number of piperidine rings is 1. The van der Waals surface area contributed by atoms with Gasteiger partial charge in [0.2, 0.25) is 5.91 Å². The van der Waals surface area contributed by atoms with Crippen LogP contribution in [0, 0.1) is 19.8 Å². The van der Waals surface area contributed by atoms with Gasteiger partial charge in [0.15, 0.2) is 5.82 Å². The molecule has 4 rings (SSSR count). The summed E-state index contributed by atoms with van der Waals surface area (Å²) < 4.78 is 1.97. The quantitative estimate of drug-likeness (QED) is 0.559. The van der Waals surface area contributed by atoms with Crippen LogP contribution < -0.4 is 10.2 Å². The van der Waals surface area contributed by atoms with Gasteiger partial charge >= 0.3 is 0 Å². The molecule has 3 heterocycles. The van der Waals surface area contributed by atoms with Crippen LogP contribution in [0.3, 0.4) is 0 Å². The van der Waals surface area contributed by atoms with Crippen LogP contribution in [-0.4, -0.2) is 70.6 Å². The number of nitrogens with one attached hydrogen (secondary N) is 1. The fraction of sp³-hybridized carbons (Fsp3) is 0.520. The zero-order valence-electron chi connectivity index (χ0n) is 20.4. The van der Waals surface area contributed by atoms with Crippen LogP contribution in [0.2, 0.25) is 0 Å². The maximum Gasteiger partial charge on any atom is 0.223 e. The number of hydrogen-bond acceptors (Lipinski definition) is 6. The third-order valence-electron chi connectivity index (χ3n) is 6.59. The third kappa shape index (κ3) is 5.00. The predicted octanol–water partition coefficient (Wildman–Crippen LogP) is 3.11. The topological polar surface area (TPSA) is 79.2 Å². The van der Waals surface area contributed by atoms with E-state index in [1.54, 1.807) is 6.20 Å². The summed E-state index contributed by atoms with van der Waals surface area (Å²) in [5, 5.41) is 17.8. The molecule has 2 aromatic heterocycles. The Labute approximate surface area is 196 Å². The maximum absolute atomic E-state index is 12.7. The lowest BCUT2D eigenvalue weighted by Crippen LogP contribution is -2.46. The first-order valence-corrected chi connectivity index (χ1v) is 11.8. The van der Waals surface area contributed by atoms with Crippen molar-refractivity contribution in [3.8, 4) is 5.69 Å². The molecule has 176 valence electrons. The molecule has 0 saturated carbocycles. The highest BCUT2D eigenvalue weighted by Gasteiger charge is 2.32. The number of aromatic nitrogens is 4. The summed E-state index contributed by atoms with van der Waals surface area (Å²) in [6.45, 7) is 8.78. The second-order valence-corrected chi connectivity index (χ2v) is 9.47. The summed E-state index contributed by atoms with van der Waals surface area (Å²) in [7, 11) is 4.10. The van der Waals surface area contributed by atoms with Crippen molar-refractivity contribution in [1.29, 1.82) is 0 Å². The molecular weight excluding hydrogens is 414 g/mol. The summed E-state index contributed by atoms with van der Waals surface area (Å²) in [5.41, 5.74) is 4.15. The van der Waals surface area contributed by atoms with Gasteiger partial charge < -0.3 is 15.1 Å². The minimum Gasteiger partial charge on any atom is -0.356 e. The highest BCUT2D eigenvalue weighted by Crippen LogP contribution is 2.32. The first kappa shape index (κ1) is 23.2. The molecule has 0 aliphatic carbocycles. The molecule has 0 bridgehead atoms. The molecule has 0 spiro atoms. The van der Waals surface area contributed by atoms with E-state index in [0.29, 0.717) is 0 Å². The molecule has 8 heteroatoms. The molecule has 1 fully saturated rings. The van der Waals surface area contributed by atoms with Crippen LogP contribution >= 0.6 is 0 Å². The predicted molar refractivity (Wildman–Crippen MR) is 132 cm³/mol. The van der Waals surface area contributed by atoms with Crippen molar-refractivity contribution in [1.82, 2.24) is 30.2 Å². The van der Waals surface area contributed by atoms with E-state index in [4.69, 9.17) is 5.10 Å². The second kappa shape index (κ2) is 9.87. The van der Waals surface area contributed by atoms with Crippen LogP contribution in [-0.2, 0) is 4.79 Å². The van der Waals surface area contributed by atoms with Crippen molar-refractivity contribution >= 4 is 22.6 Å². The first-order valence-electron chi connectivity index (χ1n) is 11.8. The van der Waals surface area contributed by atoms with Gasteiger partial charge in [-0.05, 0) is 72.8 Å². The number of nitrogens with zero attached hydrogens (tertiary/aromatic N) is 6. The van der Waals surface area contributed by atoms with Gasteiger partial charge in [-0.25, -0.2) is 4.68 Å². The number of hydrogen-bond donors (Lipinski definition) is 1. The molecule has 1 aliphatic rings. The second-order valence-electron chi connectivity index (χ2n) is 9.47. The minimum atomic E-state index is 0.0367. The lowest BCUT2D eigenvalue weighted by Gasteiger charge is -2.37. The zero-order valence-corrected chi connectivity index (χ0v) is 20.4. The van der Waals surface area contributed by atoms with E-state index in [2.05, 4.69) is 70.4 Å². The molecule has 3 aromatic rings. The molecule has 1 aliphatic heterocycles. The standard InChI is InChI=1S/C25H35N7O/c1-17-7-9-21(10-8-17)32-19(3)22-16-27-28-24(23(22)29-32)31-14-11-20(15-18(31)2)25(33)26-12-6-13-30(4)5/h7-10,16,18,20H,6,11-15H2,1-5H3,(H,26,33)/t18-,20-/m0/s1. The van der Waals surface area contributed by atoms with E-state index in [-0.39, 0.29) is 17.9 Å². The van der Waals surface area contributed by atoms with Gasteiger partial charge in [0, 0.05) is 30.4 Å². The highest BCUT2D eigenvalue weighted by atomic mass is 16.1. The summed E-state index contributed by atoms with van der Waals surface area (Å²) in [6, 6.07) is 8.54. The fourth-order valence-electron chi connectivity index (χ4n) is 4.63. The number of benzene rings is 1. The summed E-state index contributed by atoms with van der Waals surface area (Å²) in [4.78, 5) is 17.1. The van der Waals surface area contributed by atoms with Gasteiger partial charge in [-0.2, -0.15) is 10.2 Å². The van der Waals surface area contributed by atoms with Crippen LogP contribution in [0.25, 0.3) is 16.6 Å². The van der Waals surface area contributed by atoms with Gasteiger partial charge in [-0.1, -0.05) is 17.7 Å². The number of carbonyl (C=O) groups excluding carboxylic acids is 1. The summed E-state index contributed by atoms with van der Waals surface area (Å²) in [6.07, 6.45) is 4.37. The highest BCUT2D eigenvalue weighted by molar-refractivity contribution is 5.90. The summed E-state index contributed by atoms with van der Waals surface area (Å²) >= 11 is 0. The normalized spacial score (nSPS) is 18.8. The Bertz CT molecular complexity index is 1110. The van der Waals surface area contributed by atoms with Crippen molar-refractivity contribution in [2.24, 2.45) is 5.92 Å². The van der Waals surface area contributed by atoms with Crippen LogP contribution in [0.5, 0.6) is 0 Å². The van der Waals surface area contributed by atoms with E-state index < -0.39 is 0 Å². The van der Waals surface area contributed by atoms with Gasteiger partial charge in [-0.3, -0.25) is 4.79 Å². The van der Waals surface area contributed by atoms with E-state index in [1.165, 1.54) is 5.56 Å². The molecular formula is C25H35N7O. The molecule has 1 aromatic carbocycles. The van der Waals surface area contributed by atoms with Gasteiger partial charge in [0.25, 0.3) is 0 Å². The number of anilines is 1. The zero-order chi connectivity index (χ0) is 23.5. The molecule has 2 atom stereocenters. The van der Waals surface area contributed by atoms with Crippen molar-refractivity contribution in [2.75, 3.05) is 38.6 Å². The minimum absolute atomic E-state index is 0.0367. The van der Waals surface area contributed by atoms with Crippen molar-refractivity contribution in [3.05, 3.63) is 41.7 Å². The Morgan fingerprint density at radius 3 is 2.67 bits per heavy atom. The fourth-order valence-corrected chi connectivity index (χ4v) is 4.63. The van der Waals surface area contributed by atoms with Crippen molar-refractivity contribution < 1.29 is 4.79 Å². The molecule has 1 N–H and O–H groups in total. The average Bonchev–Trinajstić information content (AvgIpc) is 3.14. The molecule has 1 saturated heterocycles. The van der Waals surface area contributed by atoms with Gasteiger partial charge in [0.1, 0.15) is 5.52 Å². The molecule has 8 nitrogen and oxygen atoms in total. The summed E-state index contributed by atoms with van der Waals surface area (Å²) in [5.74, 6) is 1.01. The Kier molecular flexibility index (Phi) is 6.93. The lowest BCUT2D eigenvalue weighted by molar-refractivity contribution is -0.125. The van der Waals surface area contributed by atoms with Gasteiger partial charge in [0.05, 0.1) is 17.6 Å². The Hall–Kier alpha value is -3.00. The van der Waals surface area contributed by atoms with E-state index in [1.807, 2.05) is 18.8 Å². The SMILES string of the molecule is Cc1ccc(-n2nc3c(N4CC[C@H](C(=O)NCCCN(C)C)C[C@@H]4C)nncc3c2C)cc1. The molecule has 0 radical (unpaired) electrons. The van der Waals surface area contributed by atoms with Gasteiger partial charge in [-0.15, -0.1) is 5.10 Å². The monoisotopic (exact) mass is 449 g/mol. The largest absolute Gasteiger partial charge is 0.356 e. The third-order valence-corrected chi connectivity index (χ3v) is 6.59. The number of aryl methyl sites for hydroxylation is 2. The van der Waals surface area contributed by atoms with Crippen LogP contribution in [0.1, 0.15) is 37.4 Å². The molecule has 33 heavy (non-hydrogen) atoms. The Morgan fingerprint density at radius 1 is 1.21 bits per heavy atom. The van der Waals surface area contributed by atoms with Crippen molar-refractivity contribution in [2.45, 2.75) is 46.1 Å². The number of carbonyl (C=O) groups is 1. The van der Waals surface area contributed by atoms with E-state index in [0.717, 1.165) is 67.0 Å². The van der Waals surface area contributed by atoms with Crippen molar-refractivity contribution in [3.63, 3.8) is 0 Å². The van der Waals surface area contributed by atoms with E-state index >= 15 is 0 Å². The smallest absolute Gasteiger partial charge is 0.223 e. The first-order chi connectivity index (χ1) is 15.8.